The lowest BCUT2D eigenvalue weighted by Crippen LogP contribution is -2.20. The summed E-state index contributed by atoms with van der Waals surface area (Å²) in [4.78, 5) is 15.3. The van der Waals surface area contributed by atoms with Crippen LogP contribution in [0.3, 0.4) is 0 Å². The van der Waals surface area contributed by atoms with Crippen LogP contribution in [0.5, 0.6) is 0 Å². The summed E-state index contributed by atoms with van der Waals surface area (Å²) in [7, 11) is 0. The Morgan fingerprint density at radius 1 is 1.65 bits per heavy atom. The minimum absolute atomic E-state index is 0.111. The number of anilines is 1. The molecule has 0 aromatic carbocycles. The molecule has 0 bridgehead atoms. The molecule has 1 unspecified atom stereocenters. The molecule has 0 saturated carbocycles. The molecule has 0 radical (unpaired) electrons. The van der Waals surface area contributed by atoms with Crippen LogP contribution in [-0.2, 0) is 4.74 Å². The fraction of sp³-hybridized carbons (Fsp3) is 0.500. The molecule has 7 nitrogen and oxygen atoms in total. The van der Waals surface area contributed by atoms with E-state index in [4.69, 9.17) is 4.74 Å². The highest BCUT2D eigenvalue weighted by Crippen LogP contribution is 2.04. The zero-order chi connectivity index (χ0) is 12.3. The predicted molar refractivity (Wildman–Crippen MR) is 63.2 cm³/mol. The molecule has 7 heteroatoms. The quantitative estimate of drug-likeness (QED) is 0.779. The summed E-state index contributed by atoms with van der Waals surface area (Å²) in [6, 6.07) is 1.70. The van der Waals surface area contributed by atoms with Crippen LogP contribution in [0, 0.1) is 0 Å². The van der Waals surface area contributed by atoms with Crippen LogP contribution >= 0.6 is 0 Å². The fourth-order valence-corrected chi connectivity index (χ4v) is 1.50. The van der Waals surface area contributed by atoms with Gasteiger partial charge in [0.25, 0.3) is 0 Å². The largest absolute Gasteiger partial charge is 0.377 e. The standard InChI is InChI=1S/C10H15N5O2/c1-3-17-7(2)5-11-8-4-9-13-14-10(16)15(9)6-12-8/h4,6-7,11H,3,5H2,1-2H3,(H,14,16). The number of H-pyrrole nitrogens is 1. The highest BCUT2D eigenvalue weighted by Gasteiger charge is 2.04. The molecule has 0 aliphatic rings. The molecular weight excluding hydrogens is 222 g/mol. The van der Waals surface area contributed by atoms with Crippen LogP contribution in [0.2, 0.25) is 0 Å². The maximum absolute atomic E-state index is 11.2. The van der Waals surface area contributed by atoms with Crippen molar-refractivity contribution in [2.45, 2.75) is 20.0 Å². The molecule has 2 aromatic rings. The highest BCUT2D eigenvalue weighted by atomic mass is 16.5. The second-order valence-electron chi connectivity index (χ2n) is 3.68. The lowest BCUT2D eigenvalue weighted by Gasteiger charge is -2.12. The molecule has 0 amide bonds. The van der Waals surface area contributed by atoms with E-state index in [2.05, 4.69) is 20.5 Å². The summed E-state index contributed by atoms with van der Waals surface area (Å²) in [5.41, 5.74) is 0.248. The van der Waals surface area contributed by atoms with E-state index in [1.54, 1.807) is 6.07 Å². The number of rotatable bonds is 5. The molecule has 2 aromatic heterocycles. The second-order valence-corrected chi connectivity index (χ2v) is 3.68. The van der Waals surface area contributed by atoms with Crippen molar-refractivity contribution in [3.63, 3.8) is 0 Å². The third-order valence-corrected chi connectivity index (χ3v) is 2.33. The average Bonchev–Trinajstić information content (AvgIpc) is 2.69. The van der Waals surface area contributed by atoms with Gasteiger partial charge in [0, 0.05) is 19.2 Å². The van der Waals surface area contributed by atoms with Crippen molar-refractivity contribution in [3.05, 3.63) is 22.9 Å². The molecule has 1 atom stereocenters. The maximum atomic E-state index is 11.2. The number of hydrogen-bond donors (Lipinski definition) is 2. The fourth-order valence-electron chi connectivity index (χ4n) is 1.50. The molecule has 92 valence electrons. The molecule has 0 aliphatic carbocycles. The normalized spacial score (nSPS) is 12.8. The Bertz CT molecular complexity index is 547. The third-order valence-electron chi connectivity index (χ3n) is 2.33. The number of ether oxygens (including phenoxy) is 1. The van der Waals surface area contributed by atoms with Crippen molar-refractivity contribution < 1.29 is 4.74 Å². The Morgan fingerprint density at radius 3 is 3.24 bits per heavy atom. The summed E-state index contributed by atoms with van der Waals surface area (Å²) in [6.45, 7) is 5.28. The first-order chi connectivity index (χ1) is 8.20. The van der Waals surface area contributed by atoms with Crippen molar-refractivity contribution in [3.8, 4) is 0 Å². The van der Waals surface area contributed by atoms with Crippen molar-refractivity contribution >= 4 is 11.5 Å². The van der Waals surface area contributed by atoms with Crippen LogP contribution in [-0.4, -0.2) is 38.8 Å². The number of nitrogens with one attached hydrogen (secondary N) is 2. The number of aromatic amines is 1. The Morgan fingerprint density at radius 2 is 2.47 bits per heavy atom. The van der Waals surface area contributed by atoms with E-state index in [-0.39, 0.29) is 11.8 Å². The summed E-state index contributed by atoms with van der Waals surface area (Å²) in [5.74, 6) is 0.669. The van der Waals surface area contributed by atoms with E-state index >= 15 is 0 Å². The SMILES string of the molecule is CCOC(C)CNc1cc2n[nH]c(=O)n2cn1. The lowest BCUT2D eigenvalue weighted by atomic mass is 10.4. The highest BCUT2D eigenvalue weighted by molar-refractivity contribution is 5.48. The summed E-state index contributed by atoms with van der Waals surface area (Å²) < 4.78 is 6.73. The number of nitrogens with zero attached hydrogens (tertiary/aromatic N) is 3. The topological polar surface area (TPSA) is 84.3 Å². The van der Waals surface area contributed by atoms with E-state index in [1.807, 2.05) is 13.8 Å². The molecule has 2 N–H and O–H groups in total. The second kappa shape index (κ2) is 4.96. The molecule has 2 rings (SSSR count). The van der Waals surface area contributed by atoms with Gasteiger partial charge in [0.05, 0.1) is 6.10 Å². The van der Waals surface area contributed by atoms with E-state index in [1.165, 1.54) is 10.7 Å². The molecule has 17 heavy (non-hydrogen) atoms. The molecule has 0 spiro atoms. The summed E-state index contributed by atoms with van der Waals surface area (Å²) in [5, 5.41) is 9.34. The molecule has 0 fully saturated rings. The third kappa shape index (κ3) is 2.62. The number of aromatic nitrogens is 4. The van der Waals surface area contributed by atoms with E-state index in [9.17, 15) is 4.79 Å². The Labute approximate surface area is 97.8 Å². The first-order valence-corrected chi connectivity index (χ1v) is 5.49. The van der Waals surface area contributed by atoms with Gasteiger partial charge in [-0.25, -0.2) is 19.3 Å². The molecule has 2 heterocycles. The monoisotopic (exact) mass is 237 g/mol. The summed E-state index contributed by atoms with van der Waals surface area (Å²) >= 11 is 0. The van der Waals surface area contributed by atoms with Gasteiger partial charge >= 0.3 is 5.69 Å². The van der Waals surface area contributed by atoms with Crippen LogP contribution in [0.4, 0.5) is 5.82 Å². The van der Waals surface area contributed by atoms with Gasteiger partial charge in [0.1, 0.15) is 12.1 Å². The van der Waals surface area contributed by atoms with Gasteiger partial charge in [-0.3, -0.25) is 0 Å². The van der Waals surface area contributed by atoms with Crippen molar-refractivity contribution in [2.75, 3.05) is 18.5 Å². The minimum Gasteiger partial charge on any atom is -0.377 e. The van der Waals surface area contributed by atoms with Gasteiger partial charge in [-0.2, -0.15) is 5.10 Å². The van der Waals surface area contributed by atoms with E-state index < -0.39 is 0 Å². The van der Waals surface area contributed by atoms with Gasteiger partial charge in [-0.05, 0) is 13.8 Å². The first kappa shape index (κ1) is 11.6. The van der Waals surface area contributed by atoms with Crippen LogP contribution in [0.1, 0.15) is 13.8 Å². The van der Waals surface area contributed by atoms with Gasteiger partial charge in [0.2, 0.25) is 0 Å². The van der Waals surface area contributed by atoms with Gasteiger partial charge in [-0.1, -0.05) is 0 Å². The van der Waals surface area contributed by atoms with Crippen LogP contribution in [0.25, 0.3) is 5.65 Å². The van der Waals surface area contributed by atoms with Gasteiger partial charge < -0.3 is 10.1 Å². The van der Waals surface area contributed by atoms with Crippen molar-refractivity contribution in [2.24, 2.45) is 0 Å². The molecule has 0 aliphatic heterocycles. The first-order valence-electron chi connectivity index (χ1n) is 5.49. The zero-order valence-corrected chi connectivity index (χ0v) is 9.80. The zero-order valence-electron chi connectivity index (χ0n) is 9.80. The molecular formula is C10H15N5O2. The van der Waals surface area contributed by atoms with E-state index in [0.717, 1.165) is 0 Å². The Balaban J connectivity index is 2.07. The molecule has 0 saturated heterocycles. The maximum Gasteiger partial charge on any atom is 0.348 e. The predicted octanol–water partition coefficient (Wildman–Crippen LogP) is 0.254. The average molecular weight is 237 g/mol. The summed E-state index contributed by atoms with van der Waals surface area (Å²) in [6.07, 6.45) is 1.55. The Hall–Kier alpha value is -1.89. The minimum atomic E-state index is -0.290. The van der Waals surface area contributed by atoms with Gasteiger partial charge in [0.15, 0.2) is 5.65 Å². The number of fused-ring (bicyclic) bond motifs is 1. The van der Waals surface area contributed by atoms with Gasteiger partial charge in [-0.15, -0.1) is 0 Å². The number of hydrogen-bond acceptors (Lipinski definition) is 5. The van der Waals surface area contributed by atoms with Crippen molar-refractivity contribution in [1.82, 2.24) is 19.6 Å². The van der Waals surface area contributed by atoms with E-state index in [0.29, 0.717) is 24.6 Å². The van der Waals surface area contributed by atoms with Crippen LogP contribution < -0.4 is 11.0 Å². The van der Waals surface area contributed by atoms with Crippen LogP contribution in [0.15, 0.2) is 17.2 Å². The van der Waals surface area contributed by atoms with Crippen molar-refractivity contribution in [1.29, 1.82) is 0 Å². The smallest absolute Gasteiger partial charge is 0.348 e. The lowest BCUT2D eigenvalue weighted by molar-refractivity contribution is 0.0855. The Kier molecular flexibility index (Phi) is 3.38.